The monoisotopic (exact) mass is 619 g/mol. The summed E-state index contributed by atoms with van der Waals surface area (Å²) >= 11 is 1.31. The zero-order chi connectivity index (χ0) is 31.8. The average molecular weight is 620 g/mol. The van der Waals surface area contributed by atoms with E-state index in [0.29, 0.717) is 49.4 Å². The first-order valence-corrected chi connectivity index (χ1v) is 14.9. The van der Waals surface area contributed by atoms with Gasteiger partial charge in [0, 0.05) is 38.5 Å². The van der Waals surface area contributed by atoms with Crippen LogP contribution in [0.2, 0.25) is 0 Å². The van der Waals surface area contributed by atoms with Crippen molar-refractivity contribution in [3.05, 3.63) is 94.5 Å². The van der Waals surface area contributed by atoms with Crippen molar-refractivity contribution in [2.24, 2.45) is 0 Å². The lowest BCUT2D eigenvalue weighted by molar-refractivity contribution is -0.137. The number of ether oxygens (including phenoxy) is 2. The molecular weight excluding hydrogens is 587 g/mol. The zero-order valence-corrected chi connectivity index (χ0v) is 25.6. The molecule has 0 saturated carbocycles. The molecule has 0 saturated heterocycles. The molecule has 4 aromatic carbocycles. The van der Waals surface area contributed by atoms with Crippen molar-refractivity contribution in [2.45, 2.75) is 49.1 Å². The third-order valence-corrected chi connectivity index (χ3v) is 8.43. The van der Waals surface area contributed by atoms with Gasteiger partial charge >= 0.3 is 12.1 Å². The molecule has 0 radical (unpaired) electrons. The van der Waals surface area contributed by atoms with Crippen LogP contribution in [0.15, 0.2) is 76.5 Å². The van der Waals surface area contributed by atoms with E-state index in [2.05, 4.69) is 26.1 Å². The van der Waals surface area contributed by atoms with Crippen LogP contribution in [0.1, 0.15) is 60.3 Å². The lowest BCUT2D eigenvalue weighted by atomic mass is 9.83. The van der Waals surface area contributed by atoms with Gasteiger partial charge in [0.1, 0.15) is 18.3 Å². The second-order valence-electron chi connectivity index (χ2n) is 11.4. The number of fused-ring (bicyclic) bond motifs is 2. The Morgan fingerprint density at radius 1 is 0.864 bits per heavy atom. The van der Waals surface area contributed by atoms with Crippen molar-refractivity contribution in [1.82, 2.24) is 5.32 Å². The maximum Gasteiger partial charge on any atom is 0.416 e. The molecule has 1 aliphatic rings. The van der Waals surface area contributed by atoms with Gasteiger partial charge < -0.3 is 14.8 Å². The van der Waals surface area contributed by atoms with Crippen LogP contribution < -0.4 is 5.32 Å². The number of halogens is 3. The molecule has 3 N–H and O–H groups in total. The van der Waals surface area contributed by atoms with Gasteiger partial charge in [-0.15, -0.1) is 0 Å². The molecule has 1 heterocycles. The van der Waals surface area contributed by atoms with E-state index in [4.69, 9.17) is 20.3 Å². The first kappa shape index (κ1) is 31.3. The first-order chi connectivity index (χ1) is 20.8. The summed E-state index contributed by atoms with van der Waals surface area (Å²) in [6.45, 7) is 8.92. The number of hydrogen-bond donors (Lipinski definition) is 3. The number of rotatable bonds is 8. The van der Waals surface area contributed by atoms with E-state index < -0.39 is 17.7 Å². The van der Waals surface area contributed by atoms with Crippen LogP contribution in [0, 0.1) is 10.8 Å². The minimum Gasteiger partial charge on any atom is -0.460 e. The predicted molar refractivity (Wildman–Crippen MR) is 167 cm³/mol. The summed E-state index contributed by atoms with van der Waals surface area (Å²) in [5.74, 6) is -0.563. The maximum absolute atomic E-state index is 13.9. The largest absolute Gasteiger partial charge is 0.460 e. The number of alkyl halides is 3. The van der Waals surface area contributed by atoms with Gasteiger partial charge in [-0.05, 0) is 65.3 Å². The van der Waals surface area contributed by atoms with Crippen molar-refractivity contribution in [3.63, 3.8) is 0 Å². The van der Waals surface area contributed by atoms with Gasteiger partial charge in [0.15, 0.2) is 0 Å². The van der Waals surface area contributed by atoms with Gasteiger partial charge in [-0.25, -0.2) is 4.79 Å². The third-order valence-electron chi connectivity index (χ3n) is 7.31. The van der Waals surface area contributed by atoms with Crippen molar-refractivity contribution >= 4 is 40.2 Å². The Kier molecular flexibility index (Phi) is 8.59. The smallest absolute Gasteiger partial charge is 0.416 e. The second kappa shape index (κ2) is 12.1. The molecular formula is C34H32F3N3O3S. The van der Waals surface area contributed by atoms with Crippen LogP contribution in [0.5, 0.6) is 0 Å². The van der Waals surface area contributed by atoms with Gasteiger partial charge in [-0.3, -0.25) is 10.8 Å². The van der Waals surface area contributed by atoms with Crippen molar-refractivity contribution < 1.29 is 27.4 Å². The Bertz CT molecular complexity index is 1790. The van der Waals surface area contributed by atoms with E-state index in [1.807, 2.05) is 31.2 Å². The van der Waals surface area contributed by atoms with Gasteiger partial charge in [0.05, 0.1) is 17.7 Å². The fourth-order valence-corrected chi connectivity index (χ4v) is 6.28. The van der Waals surface area contributed by atoms with Crippen LogP contribution in [-0.2, 0) is 21.1 Å². The molecule has 228 valence electrons. The highest BCUT2D eigenvalue weighted by molar-refractivity contribution is 7.99. The molecule has 10 heteroatoms. The summed E-state index contributed by atoms with van der Waals surface area (Å²) in [5, 5.41) is 21.3. The van der Waals surface area contributed by atoms with Crippen LogP contribution >= 0.6 is 11.8 Å². The molecule has 6 nitrogen and oxygen atoms in total. The maximum atomic E-state index is 13.9. The van der Waals surface area contributed by atoms with Crippen molar-refractivity contribution in [3.8, 4) is 11.1 Å². The quantitative estimate of drug-likeness (QED) is 0.136. The molecule has 0 aliphatic carbocycles. The molecule has 5 rings (SSSR count). The molecule has 0 spiro atoms. The van der Waals surface area contributed by atoms with Gasteiger partial charge in [0.25, 0.3) is 0 Å². The average Bonchev–Trinajstić information content (AvgIpc) is 3.25. The number of benzene rings is 4. The van der Waals surface area contributed by atoms with Gasteiger partial charge in [-0.1, -0.05) is 62.9 Å². The predicted octanol–water partition coefficient (Wildman–Crippen LogP) is 8.42. The summed E-state index contributed by atoms with van der Waals surface area (Å²) in [6, 6.07) is 17.9. The summed E-state index contributed by atoms with van der Waals surface area (Å²) in [6.07, 6.45) is -4.57. The second-order valence-corrected chi connectivity index (χ2v) is 12.5. The van der Waals surface area contributed by atoms with E-state index in [0.717, 1.165) is 17.7 Å². The van der Waals surface area contributed by atoms with E-state index in [-0.39, 0.29) is 35.9 Å². The fourth-order valence-electron chi connectivity index (χ4n) is 5.13. The summed E-state index contributed by atoms with van der Waals surface area (Å²) in [4.78, 5) is 14.4. The highest BCUT2D eigenvalue weighted by Crippen LogP contribution is 2.46. The fraction of sp³-hybridized carbons (Fsp3) is 0.265. The lowest BCUT2D eigenvalue weighted by Gasteiger charge is -2.24. The Morgan fingerprint density at radius 3 is 2.32 bits per heavy atom. The molecule has 0 atom stereocenters. The normalized spacial score (nSPS) is 13.2. The van der Waals surface area contributed by atoms with Crippen molar-refractivity contribution in [1.29, 1.82) is 10.8 Å². The lowest BCUT2D eigenvalue weighted by Crippen LogP contribution is -2.20. The van der Waals surface area contributed by atoms with Crippen molar-refractivity contribution in [2.75, 3.05) is 19.8 Å². The van der Waals surface area contributed by atoms with Gasteiger partial charge in [0.2, 0.25) is 0 Å². The third kappa shape index (κ3) is 6.23. The number of amidine groups is 2. The van der Waals surface area contributed by atoms with Crippen LogP contribution in [0.3, 0.4) is 0 Å². The molecule has 44 heavy (non-hydrogen) atoms. The number of esters is 1. The first-order valence-electron chi connectivity index (χ1n) is 14.1. The Balaban J connectivity index is 1.78. The molecule has 0 fully saturated rings. The molecule has 0 bridgehead atoms. The Labute approximate surface area is 258 Å². The summed E-state index contributed by atoms with van der Waals surface area (Å²) in [5.41, 5.74) is 1.70. The number of carbonyl (C=O) groups is 1. The molecule has 0 unspecified atom stereocenters. The van der Waals surface area contributed by atoms with E-state index in [1.54, 1.807) is 24.3 Å². The minimum atomic E-state index is -4.57. The van der Waals surface area contributed by atoms with Crippen LogP contribution in [0.25, 0.3) is 21.9 Å². The number of carbonyl (C=O) groups excluding carboxylic acids is 1. The molecule has 1 aliphatic heterocycles. The zero-order valence-electron chi connectivity index (χ0n) is 24.7. The number of nitrogens with one attached hydrogen (secondary N) is 3. The van der Waals surface area contributed by atoms with E-state index in [9.17, 15) is 18.0 Å². The minimum absolute atomic E-state index is 0.00985. The highest BCUT2D eigenvalue weighted by Gasteiger charge is 2.33. The number of hydrogen-bond acceptors (Lipinski definition) is 6. The van der Waals surface area contributed by atoms with Crippen LogP contribution in [0.4, 0.5) is 13.2 Å². The highest BCUT2D eigenvalue weighted by atomic mass is 32.2. The Morgan fingerprint density at radius 2 is 1.61 bits per heavy atom. The summed E-state index contributed by atoms with van der Waals surface area (Å²) in [7, 11) is 0. The standard InChI is InChI=1S/C34H32F3N3O3S/c1-5-42-13-14-43-32(41)23-11-6-7-12-25(23)44-26-18-22(33(2,3)4)16-20-17-24-29(31(39)40-30(24)38)28(27(20)26)19-9-8-10-21(15-19)34(35,36)37/h6-12,15-18H,5,13-14H2,1-4H3,(H3,38,39,40). The van der Waals surface area contributed by atoms with Gasteiger partial charge in [-0.2, -0.15) is 13.2 Å². The van der Waals surface area contributed by atoms with E-state index >= 15 is 0 Å². The molecule has 0 amide bonds. The topological polar surface area (TPSA) is 95.3 Å². The molecule has 4 aromatic rings. The van der Waals surface area contributed by atoms with E-state index in [1.165, 1.54) is 17.8 Å². The SMILES string of the molecule is CCOCCOC(=O)c1ccccc1Sc1cc(C(C)(C)C)cc2cc3c(c(-c4cccc(C(F)(F)F)c4)c12)C(=N)NC3=N. The Hall–Kier alpha value is -4.15. The molecule has 0 aromatic heterocycles. The summed E-state index contributed by atoms with van der Waals surface area (Å²) < 4.78 is 52.3. The van der Waals surface area contributed by atoms with Crippen LogP contribution in [-0.4, -0.2) is 37.5 Å².